The molecule has 0 saturated heterocycles. The summed E-state index contributed by atoms with van der Waals surface area (Å²) < 4.78 is 6.49. The molecule has 0 spiro atoms. The summed E-state index contributed by atoms with van der Waals surface area (Å²) in [6.45, 7) is 2.34. The minimum absolute atomic E-state index is 0.0317. The molecule has 2 aliphatic carbocycles. The number of pyridine rings is 1. The minimum atomic E-state index is -0.0317. The molecule has 144 valence electrons. The van der Waals surface area contributed by atoms with E-state index in [4.69, 9.17) is 4.74 Å². The third kappa shape index (κ3) is 3.46. The molecule has 0 aliphatic heterocycles. The number of benzene rings is 1. The molecular weight excluding hydrogens is 386 g/mol. The van der Waals surface area contributed by atoms with Crippen molar-refractivity contribution in [3.63, 3.8) is 0 Å². The van der Waals surface area contributed by atoms with Crippen molar-refractivity contribution in [3.8, 4) is 10.4 Å². The summed E-state index contributed by atoms with van der Waals surface area (Å²) in [7, 11) is 0. The van der Waals surface area contributed by atoms with Crippen LogP contribution in [0.3, 0.4) is 0 Å². The maximum atomic E-state index is 12.1. The van der Waals surface area contributed by atoms with Crippen molar-refractivity contribution in [1.82, 2.24) is 4.98 Å². The third-order valence-corrected chi connectivity index (χ3v) is 8.42. The van der Waals surface area contributed by atoms with Crippen LogP contribution in [0.4, 0.5) is 0 Å². The van der Waals surface area contributed by atoms with E-state index in [-0.39, 0.29) is 11.9 Å². The van der Waals surface area contributed by atoms with Crippen molar-refractivity contribution in [2.75, 3.05) is 6.61 Å². The van der Waals surface area contributed by atoms with E-state index in [0.29, 0.717) is 11.9 Å². The Bertz CT molecular complexity index is 1020. The molecule has 2 heterocycles. The van der Waals surface area contributed by atoms with E-state index in [1.807, 2.05) is 36.2 Å². The molecule has 2 atom stereocenters. The summed E-state index contributed by atoms with van der Waals surface area (Å²) in [6, 6.07) is 13.3. The van der Waals surface area contributed by atoms with Gasteiger partial charge in [-0.05, 0) is 74.4 Å². The van der Waals surface area contributed by atoms with Gasteiger partial charge in [-0.3, -0.25) is 9.78 Å². The molecule has 1 aromatic carbocycles. The summed E-state index contributed by atoms with van der Waals surface area (Å²) >= 11 is 3.65. The topological polar surface area (TPSA) is 39.2 Å². The van der Waals surface area contributed by atoms with Gasteiger partial charge in [0.1, 0.15) is 0 Å². The number of nitrogens with zero attached hydrogens (tertiary/aromatic N) is 1. The lowest BCUT2D eigenvalue weighted by atomic mass is 9.85. The number of hydrogen-bond donors (Lipinski definition) is 0. The first-order chi connectivity index (χ1) is 13.7. The van der Waals surface area contributed by atoms with Gasteiger partial charge in [-0.25, -0.2) is 0 Å². The largest absolute Gasteiger partial charge is 0.466 e. The number of thiophene rings is 1. The second kappa shape index (κ2) is 7.53. The van der Waals surface area contributed by atoms with Crippen molar-refractivity contribution in [3.05, 3.63) is 48.2 Å². The van der Waals surface area contributed by atoms with E-state index >= 15 is 0 Å². The van der Waals surface area contributed by atoms with Crippen LogP contribution in [0.15, 0.2) is 46.8 Å². The van der Waals surface area contributed by atoms with Gasteiger partial charge in [0.25, 0.3) is 0 Å². The highest BCUT2D eigenvalue weighted by atomic mass is 32.2. The lowest BCUT2D eigenvalue weighted by Crippen LogP contribution is -2.36. The van der Waals surface area contributed by atoms with E-state index in [9.17, 15) is 4.79 Å². The van der Waals surface area contributed by atoms with Crippen LogP contribution in [0.1, 0.15) is 44.1 Å². The molecular formula is C23H23NO2S2. The van der Waals surface area contributed by atoms with E-state index in [1.165, 1.54) is 38.4 Å². The molecule has 0 N–H and O–H groups in total. The van der Waals surface area contributed by atoms with E-state index in [1.54, 1.807) is 0 Å². The van der Waals surface area contributed by atoms with Crippen molar-refractivity contribution in [2.24, 2.45) is 5.92 Å². The van der Waals surface area contributed by atoms with Gasteiger partial charge < -0.3 is 4.74 Å². The predicted molar refractivity (Wildman–Crippen MR) is 116 cm³/mol. The second-order valence-corrected chi connectivity index (χ2v) is 10.2. The molecule has 28 heavy (non-hydrogen) atoms. The molecule has 3 nitrogen and oxygen atoms in total. The van der Waals surface area contributed by atoms with Crippen LogP contribution in [0.2, 0.25) is 0 Å². The van der Waals surface area contributed by atoms with Gasteiger partial charge in [-0.2, -0.15) is 0 Å². The Hall–Kier alpha value is -1.85. The number of ether oxygens (including phenoxy) is 1. The zero-order chi connectivity index (χ0) is 19.1. The highest BCUT2D eigenvalue weighted by Crippen LogP contribution is 2.46. The summed E-state index contributed by atoms with van der Waals surface area (Å²) in [6.07, 6.45) is 6.57. The Labute approximate surface area is 173 Å². The number of thioether (sulfide) groups is 1. The highest BCUT2D eigenvalue weighted by Gasteiger charge is 2.38. The lowest BCUT2D eigenvalue weighted by molar-refractivity contribution is -0.150. The van der Waals surface area contributed by atoms with Crippen LogP contribution in [0.25, 0.3) is 21.3 Å². The number of aromatic nitrogens is 1. The molecule has 0 amide bonds. The van der Waals surface area contributed by atoms with Gasteiger partial charge in [-0.15, -0.1) is 23.1 Å². The molecule has 2 aromatic heterocycles. The maximum Gasteiger partial charge on any atom is 0.310 e. The molecule has 2 fully saturated rings. The number of esters is 1. The number of carbonyl (C=O) groups is 1. The van der Waals surface area contributed by atoms with E-state index in [0.717, 1.165) is 24.3 Å². The quantitative estimate of drug-likeness (QED) is 0.450. The first-order valence-electron chi connectivity index (χ1n) is 10.0. The molecule has 5 heteroatoms. The number of hydrogen-bond acceptors (Lipinski definition) is 5. The smallest absolute Gasteiger partial charge is 0.310 e. The highest BCUT2D eigenvalue weighted by molar-refractivity contribution is 8.01. The van der Waals surface area contributed by atoms with Crippen LogP contribution in [-0.2, 0) is 9.53 Å². The normalized spacial score (nSPS) is 21.5. The Kier molecular flexibility index (Phi) is 4.89. The fraction of sp³-hybridized carbons (Fsp3) is 0.391. The monoisotopic (exact) mass is 409 g/mol. The van der Waals surface area contributed by atoms with Crippen LogP contribution in [0, 0.1) is 5.92 Å². The zero-order valence-corrected chi connectivity index (χ0v) is 17.5. The fourth-order valence-electron chi connectivity index (χ4n) is 3.86. The zero-order valence-electron chi connectivity index (χ0n) is 15.9. The molecule has 3 aromatic rings. The van der Waals surface area contributed by atoms with Crippen LogP contribution < -0.4 is 0 Å². The average Bonchev–Trinajstić information content (AvgIpc) is 3.43. The standard InChI is InChI=1S/C23H23NO2S2/c1-2-26-23(25)17-6-8-21(17)28-22-10-9-20(27-22)16-11-12-24-19-7-5-15(13-18(16)19)14-3-4-14/h5,7,9-14,17,21H,2-4,6,8H2,1H3. The minimum Gasteiger partial charge on any atom is -0.466 e. The Morgan fingerprint density at radius 3 is 2.82 bits per heavy atom. The Balaban J connectivity index is 1.39. The summed E-state index contributed by atoms with van der Waals surface area (Å²) in [4.78, 5) is 17.9. The second-order valence-electron chi connectivity index (χ2n) is 7.62. The van der Waals surface area contributed by atoms with E-state index < -0.39 is 0 Å². The maximum absolute atomic E-state index is 12.1. The van der Waals surface area contributed by atoms with Gasteiger partial charge in [0, 0.05) is 27.3 Å². The number of rotatable bonds is 6. The fourth-order valence-corrected chi connectivity index (χ4v) is 6.58. The number of carbonyl (C=O) groups excluding carboxylic acids is 1. The van der Waals surface area contributed by atoms with Gasteiger partial charge in [0.2, 0.25) is 0 Å². The molecule has 2 unspecified atom stereocenters. The Morgan fingerprint density at radius 2 is 2.07 bits per heavy atom. The summed E-state index contributed by atoms with van der Waals surface area (Å²) in [5.74, 6) is 0.763. The predicted octanol–water partition coefficient (Wildman–Crippen LogP) is 6.27. The van der Waals surface area contributed by atoms with Crippen molar-refractivity contribution >= 4 is 40.0 Å². The first kappa shape index (κ1) is 18.2. The van der Waals surface area contributed by atoms with Crippen molar-refractivity contribution in [1.29, 1.82) is 0 Å². The molecule has 2 aliphatic rings. The van der Waals surface area contributed by atoms with Gasteiger partial charge >= 0.3 is 5.97 Å². The van der Waals surface area contributed by atoms with Gasteiger partial charge in [0.15, 0.2) is 0 Å². The molecule has 0 radical (unpaired) electrons. The van der Waals surface area contributed by atoms with Crippen molar-refractivity contribution < 1.29 is 9.53 Å². The summed E-state index contributed by atoms with van der Waals surface area (Å²) in [5, 5.41) is 1.60. The van der Waals surface area contributed by atoms with Gasteiger partial charge in [-0.1, -0.05) is 6.07 Å². The Morgan fingerprint density at radius 1 is 1.18 bits per heavy atom. The first-order valence-corrected chi connectivity index (χ1v) is 11.7. The third-order valence-electron chi connectivity index (χ3n) is 5.73. The lowest BCUT2D eigenvalue weighted by Gasteiger charge is -2.33. The molecule has 2 saturated carbocycles. The van der Waals surface area contributed by atoms with Crippen LogP contribution in [-0.4, -0.2) is 22.8 Å². The van der Waals surface area contributed by atoms with Crippen LogP contribution >= 0.6 is 23.1 Å². The number of fused-ring (bicyclic) bond motifs is 1. The average molecular weight is 410 g/mol. The summed E-state index contributed by atoms with van der Waals surface area (Å²) in [5.41, 5.74) is 3.77. The van der Waals surface area contributed by atoms with Crippen LogP contribution in [0.5, 0.6) is 0 Å². The molecule has 5 rings (SSSR count). The van der Waals surface area contributed by atoms with Crippen molar-refractivity contribution in [2.45, 2.75) is 48.0 Å². The van der Waals surface area contributed by atoms with E-state index in [2.05, 4.69) is 41.4 Å². The van der Waals surface area contributed by atoms with Gasteiger partial charge in [0.05, 0.1) is 22.3 Å². The SMILES string of the molecule is CCOC(=O)C1CCC1Sc1ccc(-c2ccnc3ccc(C4CC4)cc23)s1. The molecule has 0 bridgehead atoms.